The van der Waals surface area contributed by atoms with Crippen molar-refractivity contribution in [2.75, 3.05) is 0 Å². The molecule has 0 aliphatic carbocycles. The van der Waals surface area contributed by atoms with Gasteiger partial charge in [-0.3, -0.25) is 0 Å². The van der Waals surface area contributed by atoms with Gasteiger partial charge in [0.2, 0.25) is 0 Å². The molecule has 0 saturated heterocycles. The van der Waals surface area contributed by atoms with Crippen molar-refractivity contribution in [3.05, 3.63) is 71.2 Å². The van der Waals surface area contributed by atoms with Crippen LogP contribution in [0.5, 0.6) is 0 Å². The molecule has 0 aliphatic rings. The summed E-state index contributed by atoms with van der Waals surface area (Å²) in [6.45, 7) is 7.05. The summed E-state index contributed by atoms with van der Waals surface area (Å²) in [6, 6.07) is 17.5. The van der Waals surface area contributed by atoms with Gasteiger partial charge in [-0.1, -0.05) is 36.4 Å². The monoisotopic (exact) mass is 279 g/mol. The van der Waals surface area contributed by atoms with Crippen LogP contribution in [-0.4, -0.2) is 0 Å². The first-order valence-corrected chi connectivity index (χ1v) is 7.41. The number of fused-ring (bicyclic) bond motifs is 1. The van der Waals surface area contributed by atoms with E-state index in [1.807, 2.05) is 13.8 Å². The minimum absolute atomic E-state index is 0.286. The Morgan fingerprint density at radius 1 is 1.00 bits per heavy atom. The van der Waals surface area contributed by atoms with Crippen molar-refractivity contribution in [2.24, 2.45) is 0 Å². The minimum Gasteiger partial charge on any atom is -0.466 e. The average Bonchev–Trinajstić information content (AvgIpc) is 2.83. The van der Waals surface area contributed by atoms with Crippen molar-refractivity contribution in [1.29, 1.82) is 0 Å². The van der Waals surface area contributed by atoms with Crippen LogP contribution in [0.4, 0.5) is 0 Å². The highest BCUT2D eigenvalue weighted by molar-refractivity contribution is 5.82. The third-order valence-electron chi connectivity index (χ3n) is 3.97. The van der Waals surface area contributed by atoms with Crippen LogP contribution < -0.4 is 5.32 Å². The van der Waals surface area contributed by atoms with Gasteiger partial charge in [0, 0.05) is 18.2 Å². The van der Waals surface area contributed by atoms with E-state index in [-0.39, 0.29) is 6.04 Å². The lowest BCUT2D eigenvalue weighted by atomic mass is 10.1. The Morgan fingerprint density at radius 2 is 1.76 bits per heavy atom. The number of hydrogen-bond donors (Lipinski definition) is 1. The van der Waals surface area contributed by atoms with Crippen LogP contribution in [-0.2, 0) is 6.54 Å². The summed E-state index contributed by atoms with van der Waals surface area (Å²) >= 11 is 0. The lowest BCUT2D eigenvalue weighted by molar-refractivity contribution is 0.489. The minimum atomic E-state index is 0.286. The van der Waals surface area contributed by atoms with Crippen molar-refractivity contribution >= 4 is 10.8 Å². The largest absolute Gasteiger partial charge is 0.466 e. The van der Waals surface area contributed by atoms with Gasteiger partial charge in [0.05, 0.1) is 0 Å². The molecule has 2 aromatic carbocycles. The number of rotatable bonds is 4. The highest BCUT2D eigenvalue weighted by Crippen LogP contribution is 2.22. The fourth-order valence-electron chi connectivity index (χ4n) is 2.81. The van der Waals surface area contributed by atoms with E-state index in [0.717, 1.165) is 18.1 Å². The van der Waals surface area contributed by atoms with Crippen LogP contribution in [0.25, 0.3) is 10.8 Å². The maximum atomic E-state index is 5.61. The van der Waals surface area contributed by atoms with Gasteiger partial charge in [-0.15, -0.1) is 0 Å². The van der Waals surface area contributed by atoms with E-state index in [4.69, 9.17) is 4.42 Å². The molecule has 1 aromatic heterocycles. The molecule has 0 aliphatic heterocycles. The zero-order valence-corrected chi connectivity index (χ0v) is 12.8. The third-order valence-corrected chi connectivity index (χ3v) is 3.97. The van der Waals surface area contributed by atoms with Crippen LogP contribution in [0.3, 0.4) is 0 Å². The lowest BCUT2D eigenvalue weighted by Gasteiger charge is -2.13. The Labute approximate surface area is 125 Å². The van der Waals surface area contributed by atoms with Crippen LogP contribution in [0.1, 0.15) is 35.6 Å². The normalized spacial score (nSPS) is 12.7. The molecular formula is C19H21NO. The maximum Gasteiger partial charge on any atom is 0.105 e. The number of aryl methyl sites for hydroxylation is 2. The second kappa shape index (κ2) is 5.74. The van der Waals surface area contributed by atoms with E-state index < -0.39 is 0 Å². The zero-order chi connectivity index (χ0) is 14.8. The van der Waals surface area contributed by atoms with Gasteiger partial charge < -0.3 is 9.73 Å². The molecule has 2 heteroatoms. The van der Waals surface area contributed by atoms with Crippen LogP contribution in [0.15, 0.2) is 52.9 Å². The molecule has 0 amide bonds. The van der Waals surface area contributed by atoms with E-state index in [0.29, 0.717) is 0 Å². The SMILES string of the molecule is Cc1cc(C(C)NCc2ccc3ccccc3c2)c(C)o1. The number of furan rings is 1. The van der Waals surface area contributed by atoms with Crippen LogP contribution >= 0.6 is 0 Å². The van der Waals surface area contributed by atoms with Crippen molar-refractivity contribution in [1.82, 2.24) is 5.32 Å². The van der Waals surface area contributed by atoms with Gasteiger partial charge in [-0.25, -0.2) is 0 Å². The average molecular weight is 279 g/mol. The number of benzene rings is 2. The first kappa shape index (κ1) is 13.9. The third kappa shape index (κ3) is 3.01. The Balaban J connectivity index is 1.72. The molecule has 1 heterocycles. The summed E-state index contributed by atoms with van der Waals surface area (Å²) < 4.78 is 5.61. The standard InChI is InChI=1S/C19H21NO/c1-13-10-19(15(3)21-13)14(2)20-12-16-8-9-17-6-4-5-7-18(17)11-16/h4-11,14,20H,12H2,1-3H3. The van der Waals surface area contributed by atoms with Crippen LogP contribution in [0, 0.1) is 13.8 Å². The second-order valence-electron chi connectivity index (χ2n) is 5.65. The first-order chi connectivity index (χ1) is 10.1. The van der Waals surface area contributed by atoms with Gasteiger partial charge >= 0.3 is 0 Å². The van der Waals surface area contributed by atoms with Crippen molar-refractivity contribution in [3.8, 4) is 0 Å². The van der Waals surface area contributed by atoms with Crippen molar-refractivity contribution in [2.45, 2.75) is 33.4 Å². The van der Waals surface area contributed by atoms with Crippen molar-refractivity contribution in [3.63, 3.8) is 0 Å². The van der Waals surface area contributed by atoms with E-state index in [9.17, 15) is 0 Å². The molecular weight excluding hydrogens is 258 g/mol. The molecule has 2 nitrogen and oxygen atoms in total. The van der Waals surface area contributed by atoms with Gasteiger partial charge in [-0.05, 0) is 49.2 Å². The number of hydrogen-bond acceptors (Lipinski definition) is 2. The summed E-state index contributed by atoms with van der Waals surface area (Å²) in [5.74, 6) is 1.98. The second-order valence-corrected chi connectivity index (χ2v) is 5.65. The Hall–Kier alpha value is -2.06. The highest BCUT2D eigenvalue weighted by Gasteiger charge is 2.12. The zero-order valence-electron chi connectivity index (χ0n) is 12.8. The van der Waals surface area contributed by atoms with Gasteiger partial charge in [-0.2, -0.15) is 0 Å². The first-order valence-electron chi connectivity index (χ1n) is 7.41. The fourth-order valence-corrected chi connectivity index (χ4v) is 2.81. The van der Waals surface area contributed by atoms with Crippen LogP contribution in [0.2, 0.25) is 0 Å². The molecule has 108 valence electrons. The Morgan fingerprint density at radius 3 is 2.48 bits per heavy atom. The molecule has 0 fully saturated rings. The smallest absolute Gasteiger partial charge is 0.105 e. The van der Waals surface area contributed by atoms with E-state index in [1.54, 1.807) is 0 Å². The molecule has 21 heavy (non-hydrogen) atoms. The summed E-state index contributed by atoms with van der Waals surface area (Å²) in [7, 11) is 0. The van der Waals surface area contributed by atoms with Crippen molar-refractivity contribution < 1.29 is 4.42 Å². The molecule has 0 bridgehead atoms. The lowest BCUT2D eigenvalue weighted by Crippen LogP contribution is -2.18. The topological polar surface area (TPSA) is 25.2 Å². The molecule has 3 rings (SSSR count). The highest BCUT2D eigenvalue weighted by atomic mass is 16.3. The van der Waals surface area contributed by atoms with E-state index in [2.05, 4.69) is 60.8 Å². The summed E-state index contributed by atoms with van der Waals surface area (Å²) in [5, 5.41) is 6.15. The molecule has 1 atom stereocenters. The Kier molecular flexibility index (Phi) is 3.80. The predicted molar refractivity (Wildman–Crippen MR) is 87.4 cm³/mol. The molecule has 0 radical (unpaired) electrons. The molecule has 1 N–H and O–H groups in total. The maximum absolute atomic E-state index is 5.61. The molecule has 0 spiro atoms. The van der Waals surface area contributed by atoms with E-state index in [1.165, 1.54) is 21.9 Å². The van der Waals surface area contributed by atoms with Gasteiger partial charge in [0.15, 0.2) is 0 Å². The quantitative estimate of drug-likeness (QED) is 0.734. The number of nitrogens with one attached hydrogen (secondary N) is 1. The molecule has 0 saturated carbocycles. The molecule has 3 aromatic rings. The summed E-state index contributed by atoms with van der Waals surface area (Å²) in [4.78, 5) is 0. The van der Waals surface area contributed by atoms with Gasteiger partial charge in [0.25, 0.3) is 0 Å². The summed E-state index contributed by atoms with van der Waals surface area (Å²) in [6.07, 6.45) is 0. The van der Waals surface area contributed by atoms with E-state index >= 15 is 0 Å². The van der Waals surface area contributed by atoms with Gasteiger partial charge in [0.1, 0.15) is 11.5 Å². The summed E-state index contributed by atoms with van der Waals surface area (Å²) in [5.41, 5.74) is 2.55. The fraction of sp³-hybridized carbons (Fsp3) is 0.263. The molecule has 1 unspecified atom stereocenters. The Bertz CT molecular complexity index is 757. The predicted octanol–water partition coefficient (Wildman–Crippen LogP) is 4.90.